The predicted octanol–water partition coefficient (Wildman–Crippen LogP) is 1.54. The van der Waals surface area contributed by atoms with Gasteiger partial charge in [-0.1, -0.05) is 6.42 Å². The molecule has 13 heavy (non-hydrogen) atoms. The lowest BCUT2D eigenvalue weighted by atomic mass is 9.75. The monoisotopic (exact) mass is 183 g/mol. The molecule has 0 aromatic heterocycles. The molecule has 0 radical (unpaired) electrons. The van der Waals surface area contributed by atoms with Gasteiger partial charge in [-0.15, -0.1) is 0 Å². The van der Waals surface area contributed by atoms with Crippen LogP contribution in [0.25, 0.3) is 0 Å². The molecule has 0 aromatic rings. The van der Waals surface area contributed by atoms with Gasteiger partial charge in [0.05, 0.1) is 6.10 Å². The van der Waals surface area contributed by atoms with Crippen molar-refractivity contribution in [2.24, 2.45) is 11.8 Å². The van der Waals surface area contributed by atoms with Crippen LogP contribution < -0.4 is 5.32 Å². The summed E-state index contributed by atoms with van der Waals surface area (Å²) in [4.78, 5) is 0. The quantitative estimate of drug-likeness (QED) is 0.646. The van der Waals surface area contributed by atoms with Crippen molar-refractivity contribution in [2.75, 3.05) is 13.1 Å². The Hall–Kier alpha value is -0.0800. The highest BCUT2D eigenvalue weighted by Gasteiger charge is 2.28. The van der Waals surface area contributed by atoms with Gasteiger partial charge in [-0.25, -0.2) is 0 Å². The Labute approximate surface area is 80.7 Å². The molecular formula is C11H21NO. The van der Waals surface area contributed by atoms with Crippen LogP contribution in [0.2, 0.25) is 0 Å². The largest absolute Gasteiger partial charge is 0.393 e. The van der Waals surface area contributed by atoms with E-state index in [1.807, 2.05) is 0 Å². The highest BCUT2D eigenvalue weighted by molar-refractivity contribution is 4.81. The molecule has 1 aliphatic carbocycles. The zero-order valence-electron chi connectivity index (χ0n) is 8.34. The predicted molar refractivity (Wildman–Crippen MR) is 53.6 cm³/mol. The van der Waals surface area contributed by atoms with Crippen LogP contribution in [0.4, 0.5) is 0 Å². The summed E-state index contributed by atoms with van der Waals surface area (Å²) in [5, 5.41) is 13.0. The zero-order chi connectivity index (χ0) is 9.10. The molecule has 1 saturated carbocycles. The summed E-state index contributed by atoms with van der Waals surface area (Å²) < 4.78 is 0. The normalized spacial score (nSPS) is 37.6. The lowest BCUT2D eigenvalue weighted by molar-refractivity contribution is 0.0717. The van der Waals surface area contributed by atoms with Gasteiger partial charge < -0.3 is 10.4 Å². The number of nitrogens with one attached hydrogen (secondary N) is 1. The van der Waals surface area contributed by atoms with Crippen molar-refractivity contribution in [2.45, 2.75) is 44.6 Å². The van der Waals surface area contributed by atoms with E-state index in [1.54, 1.807) is 0 Å². The molecule has 1 heterocycles. The molecule has 2 heteroatoms. The van der Waals surface area contributed by atoms with Gasteiger partial charge in [0.25, 0.3) is 0 Å². The van der Waals surface area contributed by atoms with E-state index in [0.29, 0.717) is 0 Å². The Morgan fingerprint density at radius 2 is 1.69 bits per heavy atom. The van der Waals surface area contributed by atoms with E-state index in [0.717, 1.165) is 24.7 Å². The van der Waals surface area contributed by atoms with E-state index in [2.05, 4.69) is 5.32 Å². The highest BCUT2D eigenvalue weighted by atomic mass is 16.3. The van der Waals surface area contributed by atoms with Crippen molar-refractivity contribution in [3.63, 3.8) is 0 Å². The van der Waals surface area contributed by atoms with Crippen LogP contribution in [0.15, 0.2) is 0 Å². The summed E-state index contributed by atoms with van der Waals surface area (Å²) in [5.41, 5.74) is 0. The second-order valence-corrected chi connectivity index (χ2v) is 4.67. The number of hydrogen-bond acceptors (Lipinski definition) is 2. The summed E-state index contributed by atoms with van der Waals surface area (Å²) in [6.45, 7) is 2.38. The first-order valence-electron chi connectivity index (χ1n) is 5.75. The molecule has 1 aliphatic heterocycles. The lowest BCUT2D eigenvalue weighted by Gasteiger charge is -2.35. The van der Waals surface area contributed by atoms with Gasteiger partial charge in [0.15, 0.2) is 0 Å². The van der Waals surface area contributed by atoms with Crippen molar-refractivity contribution in [1.82, 2.24) is 5.32 Å². The first-order valence-corrected chi connectivity index (χ1v) is 5.75. The Kier molecular flexibility index (Phi) is 3.23. The molecule has 0 amide bonds. The number of hydrogen-bond donors (Lipinski definition) is 2. The summed E-state index contributed by atoms with van der Waals surface area (Å²) in [6, 6.07) is 0. The molecule has 2 fully saturated rings. The average molecular weight is 183 g/mol. The molecule has 2 rings (SSSR count). The molecule has 2 atom stereocenters. The van der Waals surface area contributed by atoms with Gasteiger partial charge in [0.1, 0.15) is 0 Å². The maximum atomic E-state index is 9.59. The molecule has 2 aliphatic rings. The first-order chi connectivity index (χ1) is 6.36. The molecule has 76 valence electrons. The highest BCUT2D eigenvalue weighted by Crippen LogP contribution is 2.34. The van der Waals surface area contributed by atoms with E-state index < -0.39 is 0 Å². The van der Waals surface area contributed by atoms with Crippen LogP contribution in [0, 0.1) is 11.8 Å². The maximum absolute atomic E-state index is 9.59. The molecule has 0 spiro atoms. The zero-order valence-corrected chi connectivity index (χ0v) is 8.34. The number of rotatable bonds is 1. The van der Waals surface area contributed by atoms with Crippen molar-refractivity contribution >= 4 is 0 Å². The van der Waals surface area contributed by atoms with Gasteiger partial charge >= 0.3 is 0 Å². The van der Waals surface area contributed by atoms with Crippen molar-refractivity contribution in [3.05, 3.63) is 0 Å². The molecule has 0 bridgehead atoms. The van der Waals surface area contributed by atoms with Crippen LogP contribution in [-0.2, 0) is 0 Å². The van der Waals surface area contributed by atoms with E-state index in [4.69, 9.17) is 0 Å². The second-order valence-electron chi connectivity index (χ2n) is 4.67. The van der Waals surface area contributed by atoms with Crippen LogP contribution in [0.5, 0.6) is 0 Å². The van der Waals surface area contributed by atoms with Gasteiger partial charge in [-0.3, -0.25) is 0 Å². The minimum Gasteiger partial charge on any atom is -0.393 e. The minimum atomic E-state index is 0.00800. The fraction of sp³-hybridized carbons (Fsp3) is 1.00. The lowest BCUT2D eigenvalue weighted by Crippen LogP contribution is -2.34. The Morgan fingerprint density at radius 3 is 2.38 bits per heavy atom. The molecule has 2 unspecified atom stereocenters. The summed E-state index contributed by atoms with van der Waals surface area (Å²) in [5.74, 6) is 1.72. The number of aliphatic hydroxyl groups is 1. The van der Waals surface area contributed by atoms with Crippen LogP contribution in [0.1, 0.15) is 38.5 Å². The van der Waals surface area contributed by atoms with Crippen molar-refractivity contribution in [1.29, 1.82) is 0 Å². The number of piperidine rings is 1. The third-order valence-corrected chi connectivity index (χ3v) is 3.74. The molecular weight excluding hydrogens is 162 g/mol. The van der Waals surface area contributed by atoms with Crippen LogP contribution in [0.3, 0.4) is 0 Å². The summed E-state index contributed by atoms with van der Waals surface area (Å²) in [6.07, 6.45) is 7.40. The van der Waals surface area contributed by atoms with Gasteiger partial charge in [0, 0.05) is 0 Å². The molecule has 2 nitrogen and oxygen atoms in total. The average Bonchev–Trinajstić information content (AvgIpc) is 2.19. The Morgan fingerprint density at radius 1 is 0.923 bits per heavy atom. The van der Waals surface area contributed by atoms with Gasteiger partial charge in [-0.05, 0) is 57.0 Å². The molecule has 2 N–H and O–H groups in total. The third-order valence-electron chi connectivity index (χ3n) is 3.74. The van der Waals surface area contributed by atoms with E-state index in [1.165, 1.54) is 38.8 Å². The van der Waals surface area contributed by atoms with Crippen LogP contribution in [-0.4, -0.2) is 24.3 Å². The molecule has 0 aromatic carbocycles. The van der Waals surface area contributed by atoms with Gasteiger partial charge in [0.2, 0.25) is 0 Å². The topological polar surface area (TPSA) is 32.3 Å². The second kappa shape index (κ2) is 4.43. The maximum Gasteiger partial charge on any atom is 0.0543 e. The fourth-order valence-electron chi connectivity index (χ4n) is 2.94. The van der Waals surface area contributed by atoms with E-state index in [-0.39, 0.29) is 6.10 Å². The molecule has 1 saturated heterocycles. The summed E-state index contributed by atoms with van der Waals surface area (Å²) >= 11 is 0. The Bertz CT molecular complexity index is 154. The van der Waals surface area contributed by atoms with Crippen LogP contribution >= 0.6 is 0 Å². The first kappa shape index (κ1) is 9.47. The standard InChI is InChI=1S/C11H21NO/c13-11-3-1-2-10(8-11)9-4-6-12-7-5-9/h9-13H,1-8H2. The SMILES string of the molecule is OC1CCCC(C2CCNCC2)C1. The van der Waals surface area contributed by atoms with Crippen molar-refractivity contribution < 1.29 is 5.11 Å². The van der Waals surface area contributed by atoms with E-state index in [9.17, 15) is 5.11 Å². The van der Waals surface area contributed by atoms with E-state index >= 15 is 0 Å². The minimum absolute atomic E-state index is 0.00800. The van der Waals surface area contributed by atoms with Crippen molar-refractivity contribution in [3.8, 4) is 0 Å². The van der Waals surface area contributed by atoms with Gasteiger partial charge in [-0.2, -0.15) is 0 Å². The number of aliphatic hydroxyl groups excluding tert-OH is 1. The fourth-order valence-corrected chi connectivity index (χ4v) is 2.94. The Balaban J connectivity index is 1.83. The smallest absolute Gasteiger partial charge is 0.0543 e. The third kappa shape index (κ3) is 2.44. The summed E-state index contributed by atoms with van der Waals surface area (Å²) in [7, 11) is 0.